The van der Waals surface area contributed by atoms with Crippen molar-refractivity contribution in [3.63, 3.8) is 0 Å². The lowest BCUT2D eigenvalue weighted by Gasteiger charge is -2.12. The van der Waals surface area contributed by atoms with Crippen molar-refractivity contribution < 1.29 is 13.5 Å². The van der Waals surface area contributed by atoms with E-state index >= 15 is 0 Å². The van der Waals surface area contributed by atoms with E-state index in [1.54, 1.807) is 12.1 Å². The van der Waals surface area contributed by atoms with Crippen LogP contribution < -0.4 is 0 Å². The number of aliphatic hydroxyl groups excluding tert-OH is 1. The summed E-state index contributed by atoms with van der Waals surface area (Å²) in [6, 6.07) is 16.8. The lowest BCUT2D eigenvalue weighted by atomic mass is 9.96. The molecule has 0 aromatic heterocycles. The maximum Gasteiger partial charge on any atom is 0.175 e. The van der Waals surface area contributed by atoms with Crippen LogP contribution in [0.3, 0.4) is 0 Å². The molecule has 114 valence electrons. The number of aliphatic hydroxyl groups is 1. The van der Waals surface area contributed by atoms with Gasteiger partial charge in [-0.3, -0.25) is 0 Å². The van der Waals surface area contributed by atoms with Crippen LogP contribution in [0.2, 0.25) is 0 Å². The normalized spacial score (nSPS) is 18.7. The molecule has 0 spiro atoms. The second-order valence-corrected chi connectivity index (χ2v) is 7.63. The van der Waals surface area contributed by atoms with Gasteiger partial charge in [-0.2, -0.15) is 0 Å². The highest BCUT2D eigenvalue weighted by molar-refractivity contribution is 7.90. The molecule has 1 aliphatic rings. The van der Waals surface area contributed by atoms with Crippen molar-refractivity contribution in [2.24, 2.45) is 0 Å². The van der Waals surface area contributed by atoms with Crippen LogP contribution >= 0.6 is 0 Å². The monoisotopic (exact) mass is 314 g/mol. The number of hydrogen-bond acceptors (Lipinski definition) is 3. The Bertz CT molecular complexity index is 803. The molecule has 2 aromatic rings. The zero-order chi connectivity index (χ0) is 15.7. The molecule has 22 heavy (non-hydrogen) atoms. The van der Waals surface area contributed by atoms with Gasteiger partial charge in [0.2, 0.25) is 0 Å². The summed E-state index contributed by atoms with van der Waals surface area (Å²) >= 11 is 0. The lowest BCUT2D eigenvalue weighted by Crippen LogP contribution is -2.03. The molecule has 1 aliphatic carbocycles. The van der Waals surface area contributed by atoms with E-state index in [1.807, 2.05) is 42.5 Å². The molecule has 0 aliphatic heterocycles. The van der Waals surface area contributed by atoms with Gasteiger partial charge in [-0.05, 0) is 47.2 Å². The fraction of sp³-hybridized carbons (Fsp3) is 0.222. The molecule has 0 radical (unpaired) electrons. The Kier molecular flexibility index (Phi) is 3.89. The van der Waals surface area contributed by atoms with Crippen LogP contribution in [0.4, 0.5) is 0 Å². The first-order valence-electron chi connectivity index (χ1n) is 7.24. The van der Waals surface area contributed by atoms with Gasteiger partial charge >= 0.3 is 0 Å². The molecule has 1 N–H and O–H groups in total. The minimum Gasteiger partial charge on any atom is -0.388 e. The van der Waals surface area contributed by atoms with E-state index in [4.69, 9.17) is 0 Å². The van der Waals surface area contributed by atoms with Gasteiger partial charge in [0.05, 0.1) is 11.0 Å². The molecule has 4 heteroatoms. The molecule has 0 amide bonds. The summed E-state index contributed by atoms with van der Waals surface area (Å²) in [5.41, 5.74) is 4.05. The summed E-state index contributed by atoms with van der Waals surface area (Å²) in [6.45, 7) is 0. The largest absolute Gasteiger partial charge is 0.388 e. The molecule has 3 nitrogen and oxygen atoms in total. The molecule has 3 rings (SSSR count). The van der Waals surface area contributed by atoms with Crippen molar-refractivity contribution in [2.45, 2.75) is 23.8 Å². The van der Waals surface area contributed by atoms with Gasteiger partial charge in [0, 0.05) is 6.26 Å². The third-order valence-corrected chi connectivity index (χ3v) is 5.17. The molecule has 0 bridgehead atoms. The SMILES string of the molecule is CS(=O)(=O)c1ccc(C2=C(c3ccccc3)C(O)CC2)cc1. The zero-order valence-corrected chi connectivity index (χ0v) is 13.2. The molecule has 0 fully saturated rings. The summed E-state index contributed by atoms with van der Waals surface area (Å²) in [5, 5.41) is 10.3. The van der Waals surface area contributed by atoms with Crippen molar-refractivity contribution in [3.05, 3.63) is 65.7 Å². The highest BCUT2D eigenvalue weighted by atomic mass is 32.2. The molecular weight excluding hydrogens is 296 g/mol. The highest BCUT2D eigenvalue weighted by Crippen LogP contribution is 2.40. The van der Waals surface area contributed by atoms with Gasteiger partial charge in [0.1, 0.15) is 0 Å². The maximum absolute atomic E-state index is 11.6. The summed E-state index contributed by atoms with van der Waals surface area (Å²) in [7, 11) is -3.19. The van der Waals surface area contributed by atoms with Crippen molar-refractivity contribution in [1.29, 1.82) is 0 Å². The quantitative estimate of drug-likeness (QED) is 0.947. The Morgan fingerprint density at radius 2 is 1.59 bits per heavy atom. The number of sulfone groups is 1. The minimum atomic E-state index is -3.19. The molecule has 1 unspecified atom stereocenters. The van der Waals surface area contributed by atoms with Crippen molar-refractivity contribution in [1.82, 2.24) is 0 Å². The fourth-order valence-electron chi connectivity index (χ4n) is 2.95. The predicted octanol–water partition coefficient (Wildman–Crippen LogP) is 3.16. The van der Waals surface area contributed by atoms with E-state index in [9.17, 15) is 13.5 Å². The second kappa shape index (κ2) is 5.71. The van der Waals surface area contributed by atoms with Gasteiger partial charge in [0.25, 0.3) is 0 Å². The summed E-state index contributed by atoms with van der Waals surface area (Å²) in [4.78, 5) is 0.316. The van der Waals surface area contributed by atoms with Crippen molar-refractivity contribution in [3.8, 4) is 0 Å². The van der Waals surface area contributed by atoms with Crippen molar-refractivity contribution in [2.75, 3.05) is 6.26 Å². The molecule has 1 atom stereocenters. The number of rotatable bonds is 3. The van der Waals surface area contributed by atoms with Crippen LogP contribution in [0.15, 0.2) is 59.5 Å². The van der Waals surface area contributed by atoms with Crippen LogP contribution in [0, 0.1) is 0 Å². The fourth-order valence-corrected chi connectivity index (χ4v) is 3.58. The third kappa shape index (κ3) is 2.85. The van der Waals surface area contributed by atoms with E-state index in [-0.39, 0.29) is 0 Å². The molecule has 0 saturated heterocycles. The first-order chi connectivity index (χ1) is 10.5. The Balaban J connectivity index is 2.07. The lowest BCUT2D eigenvalue weighted by molar-refractivity contribution is 0.231. The minimum absolute atomic E-state index is 0.316. The van der Waals surface area contributed by atoms with Crippen LogP contribution in [0.25, 0.3) is 11.1 Å². The van der Waals surface area contributed by atoms with Gasteiger partial charge in [-0.15, -0.1) is 0 Å². The number of allylic oxidation sites excluding steroid dienone is 1. The standard InChI is InChI=1S/C18H18O3S/c1-22(20,21)15-9-7-13(8-10-15)16-11-12-17(19)18(16)14-5-3-2-4-6-14/h2-10,17,19H,11-12H2,1H3. The number of hydrogen-bond donors (Lipinski definition) is 1. The molecule has 0 heterocycles. The van der Waals surface area contributed by atoms with Gasteiger partial charge in [0.15, 0.2) is 9.84 Å². The maximum atomic E-state index is 11.6. The van der Waals surface area contributed by atoms with Gasteiger partial charge < -0.3 is 5.11 Å². The van der Waals surface area contributed by atoms with E-state index in [0.29, 0.717) is 11.3 Å². The topological polar surface area (TPSA) is 54.4 Å². The highest BCUT2D eigenvalue weighted by Gasteiger charge is 2.25. The smallest absolute Gasteiger partial charge is 0.175 e. The van der Waals surface area contributed by atoms with Crippen LogP contribution in [-0.2, 0) is 9.84 Å². The van der Waals surface area contributed by atoms with Crippen molar-refractivity contribution >= 4 is 21.0 Å². The first kappa shape index (κ1) is 15.0. The first-order valence-corrected chi connectivity index (χ1v) is 9.13. The average molecular weight is 314 g/mol. The molecule has 2 aromatic carbocycles. The predicted molar refractivity (Wildman–Crippen MR) is 88.0 cm³/mol. The molecular formula is C18H18O3S. The summed E-state index contributed by atoms with van der Waals surface area (Å²) in [5.74, 6) is 0. The van der Waals surface area contributed by atoms with E-state index in [0.717, 1.165) is 28.7 Å². The Morgan fingerprint density at radius 3 is 2.18 bits per heavy atom. The average Bonchev–Trinajstić information content (AvgIpc) is 2.89. The van der Waals surface area contributed by atoms with Gasteiger partial charge in [-0.25, -0.2) is 8.42 Å². The third-order valence-electron chi connectivity index (χ3n) is 4.04. The van der Waals surface area contributed by atoms with Gasteiger partial charge in [-0.1, -0.05) is 42.5 Å². The van der Waals surface area contributed by atoms with E-state index < -0.39 is 15.9 Å². The Hall–Kier alpha value is -1.91. The molecule has 0 saturated carbocycles. The Morgan fingerprint density at radius 1 is 0.955 bits per heavy atom. The van der Waals surface area contributed by atoms with Crippen LogP contribution in [0.5, 0.6) is 0 Å². The zero-order valence-electron chi connectivity index (χ0n) is 12.4. The summed E-state index contributed by atoms with van der Waals surface area (Å²) < 4.78 is 23.1. The number of benzene rings is 2. The summed E-state index contributed by atoms with van der Waals surface area (Å²) in [6.07, 6.45) is 2.24. The van der Waals surface area contributed by atoms with E-state index in [1.165, 1.54) is 6.26 Å². The second-order valence-electron chi connectivity index (χ2n) is 5.61. The van der Waals surface area contributed by atoms with Crippen LogP contribution in [0.1, 0.15) is 24.0 Å². The Labute approximate surface area is 130 Å². The van der Waals surface area contributed by atoms with Crippen LogP contribution in [-0.4, -0.2) is 25.9 Å². The van der Waals surface area contributed by atoms with E-state index in [2.05, 4.69) is 0 Å².